The van der Waals surface area contributed by atoms with Gasteiger partial charge in [-0.1, -0.05) is 31.2 Å². The number of aryl methyl sites for hydroxylation is 1. The summed E-state index contributed by atoms with van der Waals surface area (Å²) in [5, 5.41) is 7.58. The fourth-order valence-electron chi connectivity index (χ4n) is 4.66. The zero-order valence-electron chi connectivity index (χ0n) is 22.2. The minimum absolute atomic E-state index is 0.180. The molecule has 1 N–H and O–H groups in total. The molecule has 0 saturated heterocycles. The summed E-state index contributed by atoms with van der Waals surface area (Å²) in [7, 11) is 0. The molecule has 0 atom stereocenters. The first-order valence-electron chi connectivity index (χ1n) is 13.1. The Balaban J connectivity index is 1.29. The highest BCUT2D eigenvalue weighted by Gasteiger charge is 2.35. The fraction of sp³-hybridized carbons (Fsp3) is 0.370. The van der Waals surface area contributed by atoms with E-state index >= 15 is 0 Å². The van der Waals surface area contributed by atoms with Crippen molar-refractivity contribution in [2.75, 3.05) is 5.32 Å². The summed E-state index contributed by atoms with van der Waals surface area (Å²) in [6.07, 6.45) is 2.45. The molecule has 0 bridgehead atoms. The first kappa shape index (κ1) is 25.8. The number of hydrogen-bond acceptors (Lipinski definition) is 8. The average molecular weight is 549 g/mol. The van der Waals surface area contributed by atoms with Gasteiger partial charge in [-0.15, -0.1) is 0 Å². The third-order valence-corrected chi connectivity index (χ3v) is 6.87. The van der Waals surface area contributed by atoms with E-state index in [1.165, 1.54) is 15.4 Å². The molecule has 4 aromatic heterocycles. The summed E-state index contributed by atoms with van der Waals surface area (Å²) in [6.45, 7) is 6.07. The van der Waals surface area contributed by atoms with E-state index in [-0.39, 0.29) is 11.9 Å². The summed E-state index contributed by atoms with van der Waals surface area (Å²) < 4.78 is 43.0. The van der Waals surface area contributed by atoms with Gasteiger partial charge in [-0.05, 0) is 38.7 Å². The van der Waals surface area contributed by atoms with Crippen LogP contribution in [0.4, 0.5) is 19.1 Å². The van der Waals surface area contributed by atoms with E-state index in [9.17, 15) is 13.2 Å². The van der Waals surface area contributed by atoms with Crippen LogP contribution in [0.25, 0.3) is 28.6 Å². The lowest BCUT2D eigenvalue weighted by molar-refractivity contribution is -0.140. The molecule has 0 spiro atoms. The van der Waals surface area contributed by atoms with Crippen LogP contribution in [-0.2, 0) is 19.1 Å². The maximum absolute atomic E-state index is 13.3. The first-order valence-corrected chi connectivity index (χ1v) is 13.1. The third kappa shape index (κ3) is 4.87. The van der Waals surface area contributed by atoms with Gasteiger partial charge in [0.05, 0.1) is 17.0 Å². The molecule has 0 radical (unpaired) electrons. The molecule has 10 nitrogen and oxygen atoms in total. The molecule has 1 aromatic carbocycles. The second kappa shape index (κ2) is 9.96. The number of benzene rings is 1. The van der Waals surface area contributed by atoms with Crippen molar-refractivity contribution in [3.8, 4) is 22.8 Å². The van der Waals surface area contributed by atoms with Crippen LogP contribution in [0.15, 0.2) is 43.1 Å². The Labute approximate surface area is 227 Å². The molecule has 0 amide bonds. The maximum Gasteiger partial charge on any atom is 0.434 e. The Bertz CT molecular complexity index is 1670. The Morgan fingerprint density at radius 3 is 2.45 bits per heavy atom. The lowest BCUT2D eigenvalue weighted by Gasteiger charge is -2.13. The minimum atomic E-state index is -4.51. The van der Waals surface area contributed by atoms with E-state index < -0.39 is 11.9 Å². The lowest BCUT2D eigenvalue weighted by Crippen LogP contribution is -2.11. The molecule has 1 aliphatic rings. The molecule has 0 unspecified atom stereocenters. The van der Waals surface area contributed by atoms with E-state index in [2.05, 4.69) is 35.3 Å². The minimum Gasteiger partial charge on any atom is -0.350 e. The van der Waals surface area contributed by atoms with Crippen molar-refractivity contribution in [3.05, 3.63) is 65.8 Å². The first-order chi connectivity index (χ1) is 19.2. The highest BCUT2D eigenvalue weighted by Crippen LogP contribution is 2.43. The monoisotopic (exact) mass is 548 g/mol. The molecule has 1 saturated carbocycles. The second-order valence-corrected chi connectivity index (χ2v) is 10.1. The van der Waals surface area contributed by atoms with Crippen LogP contribution in [0.1, 0.15) is 68.2 Å². The topological polar surface area (TPSA) is 112 Å². The molecule has 4 heterocycles. The summed E-state index contributed by atoms with van der Waals surface area (Å²) in [5.41, 5.74) is 3.29. The van der Waals surface area contributed by atoms with Gasteiger partial charge in [0.2, 0.25) is 5.95 Å². The fourth-order valence-corrected chi connectivity index (χ4v) is 4.66. The summed E-state index contributed by atoms with van der Waals surface area (Å²) in [5.74, 6) is 2.01. The van der Waals surface area contributed by atoms with Crippen molar-refractivity contribution in [3.63, 3.8) is 0 Å². The normalized spacial score (nSPS) is 13.9. The molecular weight excluding hydrogens is 521 g/mol. The van der Waals surface area contributed by atoms with Crippen molar-refractivity contribution in [1.29, 1.82) is 0 Å². The second-order valence-electron chi connectivity index (χ2n) is 10.1. The van der Waals surface area contributed by atoms with Crippen LogP contribution in [0, 0.1) is 0 Å². The van der Waals surface area contributed by atoms with E-state index in [4.69, 9.17) is 4.98 Å². The summed E-state index contributed by atoms with van der Waals surface area (Å²) in [4.78, 5) is 26.7. The zero-order chi connectivity index (χ0) is 28.0. The molecule has 40 heavy (non-hydrogen) atoms. The van der Waals surface area contributed by atoms with Crippen molar-refractivity contribution in [1.82, 2.24) is 44.1 Å². The van der Waals surface area contributed by atoms with E-state index in [1.807, 2.05) is 32.9 Å². The van der Waals surface area contributed by atoms with Crippen molar-refractivity contribution in [2.24, 2.45) is 0 Å². The smallest absolute Gasteiger partial charge is 0.350 e. The highest BCUT2D eigenvalue weighted by atomic mass is 19.4. The number of nitrogens with one attached hydrogen (secondary N) is 1. The number of alkyl halides is 3. The molecule has 0 aliphatic heterocycles. The molecule has 5 aromatic rings. The molecule has 1 fully saturated rings. The zero-order valence-corrected chi connectivity index (χ0v) is 22.2. The SMILES string of the molecule is CCc1ncnc(C2CC2)c1-c1nc(NCc2ccc(-c3nc(C(F)(F)F)cn3C(C)C)cc2)n2ncnc2n1. The van der Waals surface area contributed by atoms with E-state index in [1.54, 1.807) is 18.5 Å². The Kier molecular flexibility index (Phi) is 6.43. The molecular formula is C27H27F3N10. The number of anilines is 1. The number of halogens is 3. The quantitative estimate of drug-likeness (QED) is 0.271. The van der Waals surface area contributed by atoms with Gasteiger partial charge >= 0.3 is 6.18 Å². The number of aromatic nitrogens is 9. The lowest BCUT2D eigenvalue weighted by atomic mass is 10.1. The highest BCUT2D eigenvalue weighted by molar-refractivity contribution is 5.65. The number of hydrogen-bond donors (Lipinski definition) is 1. The molecule has 206 valence electrons. The summed E-state index contributed by atoms with van der Waals surface area (Å²) in [6, 6.07) is 7.06. The Hall–Kier alpha value is -4.42. The van der Waals surface area contributed by atoms with E-state index in [0.29, 0.717) is 42.0 Å². The number of fused-ring (bicyclic) bond motifs is 1. The van der Waals surface area contributed by atoms with Crippen LogP contribution in [0.5, 0.6) is 0 Å². The van der Waals surface area contributed by atoms with E-state index in [0.717, 1.165) is 41.6 Å². The maximum atomic E-state index is 13.3. The van der Waals surface area contributed by atoms with Gasteiger partial charge in [0.1, 0.15) is 18.5 Å². The number of nitrogens with zero attached hydrogens (tertiary/aromatic N) is 9. The van der Waals surface area contributed by atoms with Crippen molar-refractivity contribution < 1.29 is 13.2 Å². The van der Waals surface area contributed by atoms with Gasteiger partial charge in [-0.2, -0.15) is 37.7 Å². The molecule has 13 heteroatoms. The Morgan fingerprint density at radius 2 is 1.77 bits per heavy atom. The number of imidazole rings is 1. The largest absolute Gasteiger partial charge is 0.434 e. The Morgan fingerprint density at radius 1 is 1.00 bits per heavy atom. The predicted molar refractivity (Wildman–Crippen MR) is 141 cm³/mol. The van der Waals surface area contributed by atoms with Crippen molar-refractivity contribution >= 4 is 11.7 Å². The van der Waals surface area contributed by atoms with Gasteiger partial charge in [-0.25, -0.2) is 15.0 Å². The summed E-state index contributed by atoms with van der Waals surface area (Å²) >= 11 is 0. The predicted octanol–water partition coefficient (Wildman–Crippen LogP) is 5.49. The van der Waals surface area contributed by atoms with Crippen LogP contribution in [-0.4, -0.2) is 44.1 Å². The van der Waals surface area contributed by atoms with Gasteiger partial charge < -0.3 is 9.88 Å². The van der Waals surface area contributed by atoms with Gasteiger partial charge in [-0.3, -0.25) is 0 Å². The van der Waals surface area contributed by atoms with Gasteiger partial charge in [0.25, 0.3) is 5.78 Å². The van der Waals surface area contributed by atoms with Crippen LogP contribution >= 0.6 is 0 Å². The standard InChI is InChI=1S/C27H27F3N10/c1-4-19-21(22(17-9-10-17)33-13-32-19)23-37-25(40-26(38-23)34-14-35-40)31-11-16-5-7-18(8-6-16)24-36-20(27(28,29)30)12-39(24)15(2)3/h5-8,12-15,17H,4,9-11H2,1-3H3,(H,31,34,35,37,38). The molecule has 1 aliphatic carbocycles. The average Bonchev–Trinajstić information content (AvgIpc) is 3.48. The van der Waals surface area contributed by atoms with Crippen molar-refractivity contribution in [2.45, 2.75) is 64.7 Å². The third-order valence-electron chi connectivity index (χ3n) is 6.87. The van der Waals surface area contributed by atoms with Gasteiger partial charge in [0.15, 0.2) is 11.5 Å². The van der Waals surface area contributed by atoms with Crippen LogP contribution < -0.4 is 5.32 Å². The molecule has 6 rings (SSSR count). The number of rotatable bonds is 8. The van der Waals surface area contributed by atoms with Gasteiger partial charge in [0, 0.05) is 30.3 Å². The van der Waals surface area contributed by atoms with Crippen LogP contribution in [0.2, 0.25) is 0 Å². The van der Waals surface area contributed by atoms with Crippen LogP contribution in [0.3, 0.4) is 0 Å².